The van der Waals surface area contributed by atoms with Gasteiger partial charge in [-0.3, -0.25) is 11.3 Å². The summed E-state index contributed by atoms with van der Waals surface area (Å²) in [5, 5.41) is 0. The highest BCUT2D eigenvalue weighted by atomic mass is 19.2. The molecule has 5 heteroatoms. The maximum Gasteiger partial charge on any atom is 0.159 e. The summed E-state index contributed by atoms with van der Waals surface area (Å²) in [6.07, 6.45) is 1.46. The summed E-state index contributed by atoms with van der Waals surface area (Å²) in [6, 6.07) is 4.05. The second kappa shape index (κ2) is 8.19. The highest BCUT2D eigenvalue weighted by Gasteiger charge is 2.11. The van der Waals surface area contributed by atoms with Gasteiger partial charge in [0.05, 0.1) is 0 Å². The zero-order valence-corrected chi connectivity index (χ0v) is 11.6. The maximum absolute atomic E-state index is 13.1. The lowest BCUT2D eigenvalue weighted by Gasteiger charge is -2.22. The number of nitrogens with two attached hydrogens (primary N) is 1. The zero-order valence-electron chi connectivity index (χ0n) is 11.6. The van der Waals surface area contributed by atoms with Crippen LogP contribution < -0.4 is 11.3 Å². The van der Waals surface area contributed by atoms with E-state index in [1.165, 1.54) is 6.07 Å². The first kappa shape index (κ1) is 16.0. The standard InChI is InChI=1S/C14H23F2N3/c1-3-19(4-2)8-7-12(18-17)9-11-5-6-13(15)14(16)10-11/h5-6,10,12,18H,3-4,7-9,17H2,1-2H3. The molecule has 0 heterocycles. The summed E-state index contributed by atoms with van der Waals surface area (Å²) in [4.78, 5) is 2.30. The Morgan fingerprint density at radius 2 is 1.89 bits per heavy atom. The molecule has 1 aromatic carbocycles. The van der Waals surface area contributed by atoms with Crippen molar-refractivity contribution in [3.8, 4) is 0 Å². The summed E-state index contributed by atoms with van der Waals surface area (Å²) in [5.41, 5.74) is 3.50. The molecule has 1 unspecified atom stereocenters. The van der Waals surface area contributed by atoms with Crippen LogP contribution in [0.3, 0.4) is 0 Å². The molecular formula is C14H23F2N3. The Bertz CT molecular complexity index is 381. The second-order valence-corrected chi connectivity index (χ2v) is 4.63. The van der Waals surface area contributed by atoms with Crippen LogP contribution in [0.4, 0.5) is 8.78 Å². The van der Waals surface area contributed by atoms with Crippen LogP contribution in [-0.4, -0.2) is 30.6 Å². The highest BCUT2D eigenvalue weighted by Crippen LogP contribution is 2.11. The van der Waals surface area contributed by atoms with E-state index in [2.05, 4.69) is 24.2 Å². The van der Waals surface area contributed by atoms with Crippen molar-refractivity contribution in [2.75, 3.05) is 19.6 Å². The van der Waals surface area contributed by atoms with Crippen molar-refractivity contribution < 1.29 is 8.78 Å². The predicted octanol–water partition coefficient (Wildman–Crippen LogP) is 2.07. The molecule has 0 spiro atoms. The molecule has 0 aliphatic rings. The van der Waals surface area contributed by atoms with Gasteiger partial charge in [-0.15, -0.1) is 0 Å². The van der Waals surface area contributed by atoms with E-state index < -0.39 is 11.6 Å². The lowest BCUT2D eigenvalue weighted by atomic mass is 10.0. The Labute approximate surface area is 113 Å². The molecule has 0 aromatic heterocycles. The summed E-state index contributed by atoms with van der Waals surface area (Å²) in [7, 11) is 0. The van der Waals surface area contributed by atoms with Gasteiger partial charge in [-0.2, -0.15) is 0 Å². The fourth-order valence-corrected chi connectivity index (χ4v) is 2.07. The van der Waals surface area contributed by atoms with E-state index in [0.717, 1.165) is 37.7 Å². The Morgan fingerprint density at radius 1 is 1.21 bits per heavy atom. The van der Waals surface area contributed by atoms with Gasteiger partial charge in [0.1, 0.15) is 0 Å². The van der Waals surface area contributed by atoms with E-state index >= 15 is 0 Å². The van der Waals surface area contributed by atoms with Gasteiger partial charge in [-0.05, 0) is 50.2 Å². The van der Waals surface area contributed by atoms with Crippen molar-refractivity contribution in [2.24, 2.45) is 5.84 Å². The number of hydrazine groups is 1. The Hall–Kier alpha value is -1.04. The Kier molecular flexibility index (Phi) is 6.91. The molecule has 0 saturated heterocycles. The molecule has 3 N–H and O–H groups in total. The minimum atomic E-state index is -0.816. The molecule has 0 radical (unpaired) electrons. The third-order valence-electron chi connectivity index (χ3n) is 3.39. The number of nitrogens with zero attached hydrogens (tertiary/aromatic N) is 1. The third-order valence-corrected chi connectivity index (χ3v) is 3.39. The monoisotopic (exact) mass is 271 g/mol. The van der Waals surface area contributed by atoms with Gasteiger partial charge in [-0.1, -0.05) is 19.9 Å². The Morgan fingerprint density at radius 3 is 2.42 bits per heavy atom. The maximum atomic E-state index is 13.1. The van der Waals surface area contributed by atoms with Crippen molar-refractivity contribution in [2.45, 2.75) is 32.7 Å². The first-order chi connectivity index (χ1) is 9.10. The summed E-state index contributed by atoms with van der Waals surface area (Å²) in [5.74, 6) is 3.90. The topological polar surface area (TPSA) is 41.3 Å². The number of hydrogen-bond donors (Lipinski definition) is 2. The SMILES string of the molecule is CCN(CC)CCC(Cc1ccc(F)c(F)c1)NN. The van der Waals surface area contributed by atoms with Crippen LogP contribution in [-0.2, 0) is 6.42 Å². The summed E-state index contributed by atoms with van der Waals surface area (Å²) >= 11 is 0. The van der Waals surface area contributed by atoms with Crippen LogP contribution in [0.1, 0.15) is 25.8 Å². The van der Waals surface area contributed by atoms with E-state index in [9.17, 15) is 8.78 Å². The first-order valence-electron chi connectivity index (χ1n) is 6.73. The first-order valence-corrected chi connectivity index (χ1v) is 6.73. The van der Waals surface area contributed by atoms with Gasteiger partial charge < -0.3 is 4.90 Å². The minimum Gasteiger partial charge on any atom is -0.304 e. The van der Waals surface area contributed by atoms with E-state index in [1.807, 2.05) is 0 Å². The van der Waals surface area contributed by atoms with Crippen LogP contribution in [0, 0.1) is 11.6 Å². The number of benzene rings is 1. The molecule has 0 aliphatic heterocycles. The van der Waals surface area contributed by atoms with Gasteiger partial charge in [-0.25, -0.2) is 8.78 Å². The molecule has 0 aliphatic carbocycles. The lowest BCUT2D eigenvalue weighted by Crippen LogP contribution is -2.39. The number of rotatable bonds is 8. The van der Waals surface area contributed by atoms with E-state index in [0.29, 0.717) is 6.42 Å². The fraction of sp³-hybridized carbons (Fsp3) is 0.571. The second-order valence-electron chi connectivity index (χ2n) is 4.63. The minimum absolute atomic E-state index is 0.0606. The smallest absolute Gasteiger partial charge is 0.159 e. The van der Waals surface area contributed by atoms with Gasteiger partial charge in [0.15, 0.2) is 11.6 Å². The van der Waals surface area contributed by atoms with Gasteiger partial charge in [0.25, 0.3) is 0 Å². The van der Waals surface area contributed by atoms with Crippen LogP contribution in [0.15, 0.2) is 18.2 Å². The largest absolute Gasteiger partial charge is 0.304 e. The van der Waals surface area contributed by atoms with E-state index in [1.54, 1.807) is 6.07 Å². The number of nitrogens with one attached hydrogen (secondary N) is 1. The van der Waals surface area contributed by atoms with Gasteiger partial charge in [0.2, 0.25) is 0 Å². The molecule has 3 nitrogen and oxygen atoms in total. The van der Waals surface area contributed by atoms with Crippen LogP contribution in [0.25, 0.3) is 0 Å². The molecule has 0 bridgehead atoms. The van der Waals surface area contributed by atoms with Gasteiger partial charge >= 0.3 is 0 Å². The van der Waals surface area contributed by atoms with Crippen LogP contribution >= 0.6 is 0 Å². The molecule has 0 fully saturated rings. The molecule has 1 rings (SSSR count). The lowest BCUT2D eigenvalue weighted by molar-refractivity contribution is 0.280. The van der Waals surface area contributed by atoms with Crippen molar-refractivity contribution in [3.63, 3.8) is 0 Å². The number of halogens is 2. The molecule has 1 aromatic rings. The average Bonchev–Trinajstić information content (AvgIpc) is 2.42. The molecule has 108 valence electrons. The molecule has 0 amide bonds. The van der Waals surface area contributed by atoms with Crippen molar-refractivity contribution in [1.82, 2.24) is 10.3 Å². The van der Waals surface area contributed by atoms with E-state index in [-0.39, 0.29) is 6.04 Å². The van der Waals surface area contributed by atoms with Gasteiger partial charge in [0, 0.05) is 6.04 Å². The van der Waals surface area contributed by atoms with Crippen molar-refractivity contribution in [3.05, 3.63) is 35.4 Å². The zero-order chi connectivity index (χ0) is 14.3. The molecule has 19 heavy (non-hydrogen) atoms. The molecule has 1 atom stereocenters. The summed E-state index contributed by atoms with van der Waals surface area (Å²) in [6.45, 7) is 7.16. The molecular weight excluding hydrogens is 248 g/mol. The number of hydrogen-bond acceptors (Lipinski definition) is 3. The average molecular weight is 271 g/mol. The normalized spacial score (nSPS) is 12.9. The fourth-order valence-electron chi connectivity index (χ4n) is 2.07. The summed E-state index contributed by atoms with van der Waals surface area (Å²) < 4.78 is 26.0. The Balaban J connectivity index is 2.53. The third kappa shape index (κ3) is 5.22. The van der Waals surface area contributed by atoms with Crippen LogP contribution in [0.5, 0.6) is 0 Å². The predicted molar refractivity (Wildman–Crippen MR) is 73.6 cm³/mol. The highest BCUT2D eigenvalue weighted by molar-refractivity contribution is 5.18. The quantitative estimate of drug-likeness (QED) is 0.562. The van der Waals surface area contributed by atoms with Crippen molar-refractivity contribution in [1.29, 1.82) is 0 Å². The van der Waals surface area contributed by atoms with E-state index in [4.69, 9.17) is 5.84 Å². The molecule has 0 saturated carbocycles. The van der Waals surface area contributed by atoms with Crippen molar-refractivity contribution >= 4 is 0 Å². The van der Waals surface area contributed by atoms with Crippen LogP contribution in [0.2, 0.25) is 0 Å².